The van der Waals surface area contributed by atoms with Crippen LogP contribution in [0.25, 0.3) is 0 Å². The molecule has 1 heterocycles. The third kappa shape index (κ3) is 5.03. The monoisotopic (exact) mass is 381 g/mol. The van der Waals surface area contributed by atoms with Gasteiger partial charge in [-0.25, -0.2) is 9.59 Å². The van der Waals surface area contributed by atoms with Crippen LogP contribution in [0.4, 0.5) is 0 Å². The average Bonchev–Trinajstić information content (AvgIpc) is 2.88. The summed E-state index contributed by atoms with van der Waals surface area (Å²) in [6.45, 7) is 5.72. The van der Waals surface area contributed by atoms with Gasteiger partial charge in [-0.2, -0.15) is 0 Å². The Hall–Kier alpha value is -1.92. The molecule has 0 saturated carbocycles. The Balaban J connectivity index is 1.91. The number of hydrogen-bond donors (Lipinski definition) is 1. The van der Waals surface area contributed by atoms with Crippen molar-refractivity contribution in [3.8, 4) is 0 Å². The summed E-state index contributed by atoms with van der Waals surface area (Å²) < 4.78 is 10.3. The Labute approximate surface area is 156 Å². The molecule has 134 valence electrons. The molecule has 0 unspecified atom stereocenters. The molecule has 1 N–H and O–H groups in total. The summed E-state index contributed by atoms with van der Waals surface area (Å²) in [6, 6.07) is 7.47. The van der Waals surface area contributed by atoms with Crippen LogP contribution in [0.5, 0.6) is 0 Å². The van der Waals surface area contributed by atoms with E-state index < -0.39 is 11.9 Å². The number of ether oxygens (including phenoxy) is 2. The second-order valence-electron chi connectivity index (χ2n) is 5.28. The van der Waals surface area contributed by atoms with Crippen LogP contribution in [0.3, 0.4) is 0 Å². The van der Waals surface area contributed by atoms with Crippen LogP contribution in [-0.4, -0.2) is 35.9 Å². The fraction of sp³-hybridized carbons (Fsp3) is 0.333. The predicted octanol–water partition coefficient (Wildman–Crippen LogP) is 4.41. The predicted molar refractivity (Wildman–Crippen MR) is 98.7 cm³/mol. The summed E-state index contributed by atoms with van der Waals surface area (Å²) in [6.07, 6.45) is 0. The molecule has 0 saturated heterocycles. The van der Waals surface area contributed by atoms with E-state index >= 15 is 0 Å². The molecule has 0 fully saturated rings. The van der Waals surface area contributed by atoms with Crippen molar-refractivity contribution in [2.45, 2.75) is 25.7 Å². The number of hydrogen-bond acceptors (Lipinski definition) is 5. The summed E-state index contributed by atoms with van der Waals surface area (Å²) in [4.78, 5) is 28.2. The van der Waals surface area contributed by atoms with E-state index in [1.807, 2.05) is 24.3 Å². The molecule has 0 aliphatic rings. The minimum Gasteiger partial charge on any atom is -0.462 e. The van der Waals surface area contributed by atoms with Gasteiger partial charge in [-0.1, -0.05) is 11.6 Å². The van der Waals surface area contributed by atoms with Gasteiger partial charge < -0.3 is 14.5 Å². The van der Waals surface area contributed by atoms with Gasteiger partial charge in [-0.3, -0.25) is 0 Å². The van der Waals surface area contributed by atoms with Crippen molar-refractivity contribution in [3.63, 3.8) is 0 Å². The maximum atomic E-state index is 12.2. The number of halogens is 1. The first-order valence-electron chi connectivity index (χ1n) is 7.85. The van der Waals surface area contributed by atoms with Gasteiger partial charge in [0.1, 0.15) is 12.3 Å². The molecule has 0 aliphatic heterocycles. The number of carbonyl (C=O) groups is 2. The van der Waals surface area contributed by atoms with Crippen molar-refractivity contribution >= 4 is 35.3 Å². The molecule has 1 aromatic heterocycles. The standard InChI is InChI=1S/C18H20ClNO4S/c1-4-23-17(21)15-11(2)16(20-12(15)3)18(22)24-9-10-25-14-7-5-13(19)6-8-14/h5-8,20H,4,9-10H2,1-3H3. The van der Waals surface area contributed by atoms with E-state index in [4.69, 9.17) is 21.1 Å². The first kappa shape index (κ1) is 19.4. The van der Waals surface area contributed by atoms with E-state index in [-0.39, 0.29) is 18.9 Å². The maximum absolute atomic E-state index is 12.2. The number of aromatic amines is 1. The van der Waals surface area contributed by atoms with Crippen molar-refractivity contribution in [1.29, 1.82) is 0 Å². The fourth-order valence-electron chi connectivity index (χ4n) is 2.36. The van der Waals surface area contributed by atoms with Gasteiger partial charge >= 0.3 is 11.9 Å². The Morgan fingerprint density at radius 2 is 1.80 bits per heavy atom. The molecule has 0 aliphatic carbocycles. The largest absolute Gasteiger partial charge is 0.462 e. The zero-order valence-corrected chi connectivity index (χ0v) is 15.9. The van der Waals surface area contributed by atoms with Crippen LogP contribution in [0, 0.1) is 13.8 Å². The fourth-order valence-corrected chi connectivity index (χ4v) is 3.22. The highest BCUT2D eigenvalue weighted by Crippen LogP contribution is 2.22. The number of nitrogens with one attached hydrogen (secondary N) is 1. The normalized spacial score (nSPS) is 10.6. The van der Waals surface area contributed by atoms with Gasteiger partial charge in [0.2, 0.25) is 0 Å². The molecule has 2 aromatic rings. The van der Waals surface area contributed by atoms with Crippen molar-refractivity contribution in [2.75, 3.05) is 19.0 Å². The smallest absolute Gasteiger partial charge is 0.355 e. The first-order chi connectivity index (χ1) is 11.9. The summed E-state index contributed by atoms with van der Waals surface area (Å²) in [5.74, 6) is -0.296. The quantitative estimate of drug-likeness (QED) is 0.437. The molecule has 0 bridgehead atoms. The first-order valence-corrected chi connectivity index (χ1v) is 9.22. The lowest BCUT2D eigenvalue weighted by Crippen LogP contribution is -2.10. The lowest BCUT2D eigenvalue weighted by atomic mass is 10.1. The summed E-state index contributed by atoms with van der Waals surface area (Å²) in [7, 11) is 0. The van der Waals surface area contributed by atoms with Crippen molar-refractivity contribution < 1.29 is 19.1 Å². The second-order valence-corrected chi connectivity index (χ2v) is 6.89. The Bertz CT molecular complexity index is 755. The van der Waals surface area contributed by atoms with Gasteiger partial charge in [0, 0.05) is 21.4 Å². The Morgan fingerprint density at radius 3 is 2.44 bits per heavy atom. The van der Waals surface area contributed by atoms with Crippen LogP contribution in [0.2, 0.25) is 5.02 Å². The molecule has 0 amide bonds. The summed E-state index contributed by atoms with van der Waals surface area (Å²) in [5.41, 5.74) is 1.83. The number of H-pyrrole nitrogens is 1. The number of carbonyl (C=O) groups excluding carboxylic acids is 2. The average molecular weight is 382 g/mol. The van der Waals surface area contributed by atoms with Gasteiger partial charge in [0.05, 0.1) is 12.2 Å². The lowest BCUT2D eigenvalue weighted by Gasteiger charge is -2.05. The molecule has 25 heavy (non-hydrogen) atoms. The van der Waals surface area contributed by atoms with E-state index in [0.29, 0.717) is 27.6 Å². The second kappa shape index (κ2) is 8.97. The maximum Gasteiger partial charge on any atom is 0.355 e. The van der Waals surface area contributed by atoms with Crippen molar-refractivity contribution in [1.82, 2.24) is 4.98 Å². The van der Waals surface area contributed by atoms with Gasteiger partial charge in [0.25, 0.3) is 0 Å². The van der Waals surface area contributed by atoms with Gasteiger partial charge in [0.15, 0.2) is 0 Å². The van der Waals surface area contributed by atoms with E-state index in [9.17, 15) is 9.59 Å². The molecular weight excluding hydrogens is 362 g/mol. The molecule has 5 nitrogen and oxygen atoms in total. The molecule has 0 radical (unpaired) electrons. The summed E-state index contributed by atoms with van der Waals surface area (Å²) >= 11 is 7.41. The van der Waals surface area contributed by atoms with Crippen LogP contribution in [0.1, 0.15) is 39.0 Å². The number of esters is 2. The van der Waals surface area contributed by atoms with Crippen LogP contribution in [0.15, 0.2) is 29.2 Å². The van der Waals surface area contributed by atoms with Gasteiger partial charge in [-0.15, -0.1) is 11.8 Å². The van der Waals surface area contributed by atoms with E-state index in [2.05, 4.69) is 4.98 Å². The number of aryl methyl sites for hydroxylation is 1. The Morgan fingerprint density at radius 1 is 1.12 bits per heavy atom. The van der Waals surface area contributed by atoms with Crippen LogP contribution < -0.4 is 0 Å². The van der Waals surface area contributed by atoms with Crippen LogP contribution >= 0.6 is 23.4 Å². The number of rotatable bonds is 7. The molecule has 2 rings (SSSR count). The number of benzene rings is 1. The van der Waals surface area contributed by atoms with Crippen molar-refractivity contribution in [3.05, 3.63) is 51.8 Å². The number of aromatic nitrogens is 1. The SMILES string of the molecule is CCOC(=O)c1c(C)[nH]c(C(=O)OCCSc2ccc(Cl)cc2)c1C. The van der Waals surface area contributed by atoms with E-state index in [1.54, 1.807) is 32.5 Å². The Kier molecular flexibility index (Phi) is 6.96. The highest BCUT2D eigenvalue weighted by atomic mass is 35.5. The molecular formula is C18H20ClNO4S. The minimum atomic E-state index is -0.479. The molecule has 7 heteroatoms. The van der Waals surface area contributed by atoms with E-state index in [1.165, 1.54) is 0 Å². The lowest BCUT2D eigenvalue weighted by molar-refractivity contribution is 0.0521. The zero-order chi connectivity index (χ0) is 18.4. The van der Waals surface area contributed by atoms with Crippen molar-refractivity contribution in [2.24, 2.45) is 0 Å². The third-order valence-electron chi connectivity index (χ3n) is 3.52. The van der Waals surface area contributed by atoms with E-state index in [0.717, 1.165) is 4.90 Å². The molecule has 0 atom stereocenters. The third-order valence-corrected chi connectivity index (χ3v) is 4.75. The number of thioether (sulfide) groups is 1. The zero-order valence-electron chi connectivity index (χ0n) is 14.3. The minimum absolute atomic E-state index is 0.262. The summed E-state index contributed by atoms with van der Waals surface area (Å²) in [5, 5.41) is 0.686. The highest BCUT2D eigenvalue weighted by molar-refractivity contribution is 7.99. The topological polar surface area (TPSA) is 68.4 Å². The van der Waals surface area contributed by atoms with Gasteiger partial charge in [-0.05, 0) is 50.6 Å². The highest BCUT2D eigenvalue weighted by Gasteiger charge is 2.23. The van der Waals surface area contributed by atoms with Crippen LogP contribution in [-0.2, 0) is 9.47 Å². The molecule has 0 spiro atoms. The molecule has 1 aromatic carbocycles.